The van der Waals surface area contributed by atoms with Crippen LogP contribution in [0.25, 0.3) is 0 Å². The van der Waals surface area contributed by atoms with Crippen molar-refractivity contribution in [3.63, 3.8) is 0 Å². The highest BCUT2D eigenvalue weighted by Crippen LogP contribution is 2.66. The number of aliphatic hydroxyl groups is 1. The summed E-state index contributed by atoms with van der Waals surface area (Å²) < 4.78 is 6.21. The Labute approximate surface area is 149 Å². The highest BCUT2D eigenvalue weighted by Gasteiger charge is 2.61. The molecule has 4 atom stereocenters. The number of hydrogen-bond acceptors (Lipinski definition) is 3. The van der Waals surface area contributed by atoms with Crippen LogP contribution in [-0.2, 0) is 4.74 Å². The van der Waals surface area contributed by atoms with Crippen LogP contribution in [0.15, 0.2) is 0 Å². The van der Waals surface area contributed by atoms with E-state index >= 15 is 0 Å². The molecule has 0 unspecified atom stereocenters. The summed E-state index contributed by atoms with van der Waals surface area (Å²) in [7, 11) is 0. The topological polar surface area (TPSA) is 41.5 Å². The zero-order valence-corrected chi connectivity index (χ0v) is 17.3. The van der Waals surface area contributed by atoms with E-state index in [-0.39, 0.29) is 16.4 Å². The Bertz CT molecular complexity index is 438. The van der Waals surface area contributed by atoms with Crippen molar-refractivity contribution in [2.75, 3.05) is 13.2 Å². The van der Waals surface area contributed by atoms with Crippen LogP contribution in [0.2, 0.25) is 0 Å². The van der Waals surface area contributed by atoms with Gasteiger partial charge in [-0.3, -0.25) is 0 Å². The van der Waals surface area contributed by atoms with Crippen molar-refractivity contribution in [2.24, 2.45) is 22.2 Å². The minimum atomic E-state index is -0.435. The van der Waals surface area contributed by atoms with Crippen molar-refractivity contribution < 1.29 is 9.84 Å². The van der Waals surface area contributed by atoms with Crippen molar-refractivity contribution in [2.45, 2.75) is 98.8 Å². The van der Waals surface area contributed by atoms with Gasteiger partial charge < -0.3 is 15.2 Å². The summed E-state index contributed by atoms with van der Waals surface area (Å²) in [6, 6.07) is 0. The monoisotopic (exact) mass is 339 g/mol. The van der Waals surface area contributed by atoms with Gasteiger partial charge in [0.15, 0.2) is 0 Å². The highest BCUT2D eigenvalue weighted by atomic mass is 16.5. The first-order valence-corrected chi connectivity index (χ1v) is 9.82. The van der Waals surface area contributed by atoms with E-state index in [1.165, 1.54) is 19.3 Å². The molecule has 0 radical (unpaired) electrons. The van der Waals surface area contributed by atoms with Gasteiger partial charge in [-0.15, -0.1) is 0 Å². The maximum absolute atomic E-state index is 10.4. The fourth-order valence-corrected chi connectivity index (χ4v) is 5.45. The average Bonchev–Trinajstić information content (AvgIpc) is 2.73. The molecule has 0 heterocycles. The van der Waals surface area contributed by atoms with Crippen molar-refractivity contribution in [1.82, 2.24) is 5.32 Å². The lowest BCUT2D eigenvalue weighted by atomic mass is 9.70. The van der Waals surface area contributed by atoms with Gasteiger partial charge in [0.25, 0.3) is 0 Å². The summed E-state index contributed by atoms with van der Waals surface area (Å²) in [6.45, 7) is 19.4. The molecule has 0 aliphatic heterocycles. The van der Waals surface area contributed by atoms with Gasteiger partial charge >= 0.3 is 0 Å². The van der Waals surface area contributed by atoms with E-state index in [4.69, 9.17) is 4.74 Å². The van der Waals surface area contributed by atoms with Gasteiger partial charge in [0.1, 0.15) is 0 Å². The summed E-state index contributed by atoms with van der Waals surface area (Å²) in [5.41, 5.74) is 0.951. The highest BCUT2D eigenvalue weighted by molar-refractivity contribution is 5.11. The minimum Gasteiger partial charge on any atom is -0.389 e. The van der Waals surface area contributed by atoms with Crippen LogP contribution in [0.1, 0.15) is 81.1 Å². The van der Waals surface area contributed by atoms with Gasteiger partial charge in [0.2, 0.25) is 0 Å². The lowest BCUT2D eigenvalue weighted by molar-refractivity contribution is -0.0750. The van der Waals surface area contributed by atoms with E-state index in [1.54, 1.807) is 0 Å². The Morgan fingerprint density at radius 1 is 1.17 bits per heavy atom. The van der Waals surface area contributed by atoms with Crippen molar-refractivity contribution in [3.8, 4) is 0 Å². The quantitative estimate of drug-likeness (QED) is 0.723. The molecule has 0 aromatic heterocycles. The van der Waals surface area contributed by atoms with Crippen LogP contribution >= 0.6 is 0 Å². The van der Waals surface area contributed by atoms with Gasteiger partial charge in [-0.1, -0.05) is 41.5 Å². The second-order valence-corrected chi connectivity index (χ2v) is 11.1. The van der Waals surface area contributed by atoms with E-state index in [0.29, 0.717) is 24.7 Å². The molecule has 3 heteroatoms. The molecule has 2 saturated carbocycles. The Morgan fingerprint density at radius 2 is 1.79 bits per heavy atom. The van der Waals surface area contributed by atoms with E-state index in [2.05, 4.69) is 60.7 Å². The Hall–Kier alpha value is -0.120. The molecule has 2 fully saturated rings. The van der Waals surface area contributed by atoms with E-state index < -0.39 is 6.10 Å². The Kier molecular flexibility index (Phi) is 5.52. The number of hydrogen-bond donors (Lipinski definition) is 2. The average molecular weight is 340 g/mol. The van der Waals surface area contributed by atoms with Gasteiger partial charge in [0.05, 0.1) is 18.8 Å². The molecule has 2 aliphatic carbocycles. The molecule has 0 spiro atoms. The Balaban J connectivity index is 1.78. The minimum absolute atomic E-state index is 0.0274. The maximum Gasteiger partial charge on any atom is 0.0898 e. The first-order valence-electron chi connectivity index (χ1n) is 9.82. The lowest BCUT2D eigenvalue weighted by Gasteiger charge is -2.39. The van der Waals surface area contributed by atoms with Crippen molar-refractivity contribution >= 4 is 0 Å². The first kappa shape index (κ1) is 20.2. The third-order valence-corrected chi connectivity index (χ3v) is 6.99. The fraction of sp³-hybridized carbons (Fsp3) is 1.00. The summed E-state index contributed by atoms with van der Waals surface area (Å²) in [6.07, 6.45) is 4.72. The van der Waals surface area contributed by atoms with Gasteiger partial charge in [-0.2, -0.15) is 0 Å². The number of β-amino-alcohol motifs (C(OH)–C–C–N with tert-alkyl or cyclic N) is 1. The number of ether oxygens (including phenoxy) is 1. The molecule has 2 rings (SSSR count). The summed E-state index contributed by atoms with van der Waals surface area (Å²) in [5.74, 6) is 0.786. The molecular weight excluding hydrogens is 298 g/mol. The third-order valence-electron chi connectivity index (χ3n) is 6.99. The largest absolute Gasteiger partial charge is 0.389 e. The van der Waals surface area contributed by atoms with Gasteiger partial charge in [-0.25, -0.2) is 0 Å². The molecular formula is C21H41NO2. The maximum atomic E-state index is 10.4. The molecule has 24 heavy (non-hydrogen) atoms. The first-order chi connectivity index (χ1) is 10.8. The van der Waals surface area contributed by atoms with Gasteiger partial charge in [0, 0.05) is 12.1 Å². The van der Waals surface area contributed by atoms with Crippen molar-refractivity contribution in [3.05, 3.63) is 0 Å². The fourth-order valence-electron chi connectivity index (χ4n) is 5.45. The van der Waals surface area contributed by atoms with Crippen LogP contribution in [-0.4, -0.2) is 36.0 Å². The van der Waals surface area contributed by atoms with Crippen LogP contribution < -0.4 is 5.32 Å². The second kappa shape index (κ2) is 6.55. The molecule has 0 aromatic rings. The van der Waals surface area contributed by atoms with E-state index in [1.807, 2.05) is 0 Å². The SMILES string of the molecule is CC(C)(C)CC(C)(C)NC[C@@H](O)CO[C@@H]1C[C@@H]2CC[C@]1(C)C2(C)C. The molecule has 2 N–H and O–H groups in total. The summed E-state index contributed by atoms with van der Waals surface area (Å²) in [5, 5.41) is 13.9. The molecule has 2 bridgehead atoms. The van der Waals surface area contributed by atoms with Crippen LogP contribution in [0.5, 0.6) is 0 Å². The normalized spacial score (nSPS) is 33.9. The molecule has 0 amide bonds. The van der Waals surface area contributed by atoms with Crippen molar-refractivity contribution in [1.29, 1.82) is 0 Å². The smallest absolute Gasteiger partial charge is 0.0898 e. The van der Waals surface area contributed by atoms with Gasteiger partial charge in [-0.05, 0) is 61.7 Å². The third kappa shape index (κ3) is 4.16. The predicted molar refractivity (Wildman–Crippen MR) is 101 cm³/mol. The molecule has 0 aromatic carbocycles. The number of fused-ring (bicyclic) bond motifs is 2. The Morgan fingerprint density at radius 3 is 2.25 bits per heavy atom. The van der Waals surface area contributed by atoms with E-state index in [9.17, 15) is 5.11 Å². The number of nitrogens with one attached hydrogen (secondary N) is 1. The molecule has 142 valence electrons. The molecule has 2 aliphatic rings. The summed E-state index contributed by atoms with van der Waals surface area (Å²) >= 11 is 0. The second-order valence-electron chi connectivity index (χ2n) is 11.1. The van der Waals surface area contributed by atoms with Crippen LogP contribution in [0.3, 0.4) is 0 Å². The van der Waals surface area contributed by atoms with Crippen LogP contribution in [0.4, 0.5) is 0 Å². The number of aliphatic hydroxyl groups excluding tert-OH is 1. The number of rotatable bonds is 7. The lowest BCUT2D eigenvalue weighted by Crippen LogP contribution is -2.47. The standard InChI is InChI=1S/C21H41NO2/c1-18(2,3)14-19(4,5)22-12-16(23)13-24-17-11-15-9-10-21(17,8)20(15,6)7/h15-17,22-23H,9-14H2,1-8H3/t15-,16+,17+,21-/m0/s1. The van der Waals surface area contributed by atoms with Crippen LogP contribution in [0, 0.1) is 22.2 Å². The summed E-state index contributed by atoms with van der Waals surface area (Å²) in [4.78, 5) is 0. The zero-order chi connectivity index (χ0) is 18.4. The molecule has 3 nitrogen and oxygen atoms in total. The predicted octanol–water partition coefficient (Wildman–Crippen LogP) is 4.38. The zero-order valence-electron chi connectivity index (χ0n) is 17.3. The molecule has 0 saturated heterocycles. The van der Waals surface area contributed by atoms with E-state index in [0.717, 1.165) is 12.3 Å².